The van der Waals surface area contributed by atoms with E-state index in [0.717, 1.165) is 37.2 Å². The van der Waals surface area contributed by atoms with Crippen LogP contribution in [0.5, 0.6) is 5.75 Å². The van der Waals surface area contributed by atoms with Gasteiger partial charge in [0.25, 0.3) is 0 Å². The number of carbonyl (C=O) groups excluding carboxylic acids is 1. The van der Waals surface area contributed by atoms with Crippen molar-refractivity contribution < 1.29 is 19.0 Å². The Kier molecular flexibility index (Phi) is 6.85. The molecule has 5 nitrogen and oxygen atoms in total. The van der Waals surface area contributed by atoms with Crippen molar-refractivity contribution in [3.63, 3.8) is 0 Å². The van der Waals surface area contributed by atoms with Gasteiger partial charge >= 0.3 is 5.97 Å². The first-order valence-electron chi connectivity index (χ1n) is 9.44. The average Bonchev–Trinajstić information content (AvgIpc) is 2.73. The third kappa shape index (κ3) is 5.08. The van der Waals surface area contributed by atoms with Crippen molar-refractivity contribution in [3.8, 4) is 5.75 Å². The molecule has 1 unspecified atom stereocenters. The number of rotatable bonds is 7. The molecule has 27 heavy (non-hydrogen) atoms. The molecule has 1 aliphatic heterocycles. The van der Waals surface area contributed by atoms with E-state index < -0.39 is 5.97 Å². The van der Waals surface area contributed by atoms with Crippen LogP contribution in [0.3, 0.4) is 0 Å². The van der Waals surface area contributed by atoms with Crippen LogP contribution in [0.1, 0.15) is 40.9 Å². The number of hydrogen-bond donors (Lipinski definition) is 0. The number of hydrogen-bond acceptors (Lipinski definition) is 5. The van der Waals surface area contributed by atoms with Gasteiger partial charge in [0.2, 0.25) is 0 Å². The van der Waals surface area contributed by atoms with Crippen LogP contribution in [0.25, 0.3) is 0 Å². The molecule has 0 radical (unpaired) electrons. The largest absolute Gasteiger partial charge is 0.488 e. The number of carbonyl (C=O) groups is 1. The second-order valence-corrected chi connectivity index (χ2v) is 6.68. The monoisotopic (exact) mass is 369 g/mol. The summed E-state index contributed by atoms with van der Waals surface area (Å²) in [6, 6.07) is 15.5. The lowest BCUT2D eigenvalue weighted by atomic mass is 10.0. The van der Waals surface area contributed by atoms with Crippen LogP contribution in [0.2, 0.25) is 0 Å². The molecule has 1 saturated heterocycles. The van der Waals surface area contributed by atoms with Gasteiger partial charge in [0.05, 0.1) is 19.8 Å². The molecule has 1 heterocycles. The number of esters is 1. The van der Waals surface area contributed by atoms with Gasteiger partial charge in [-0.1, -0.05) is 43.3 Å². The van der Waals surface area contributed by atoms with E-state index in [-0.39, 0.29) is 6.10 Å². The maximum absolute atomic E-state index is 12.3. The molecule has 0 aliphatic carbocycles. The highest BCUT2D eigenvalue weighted by atomic mass is 16.5. The molecule has 0 saturated carbocycles. The number of benzene rings is 2. The van der Waals surface area contributed by atoms with Gasteiger partial charge in [0.1, 0.15) is 17.9 Å². The van der Waals surface area contributed by atoms with Crippen molar-refractivity contribution in [1.82, 2.24) is 4.90 Å². The first-order chi connectivity index (χ1) is 13.2. The summed E-state index contributed by atoms with van der Waals surface area (Å²) < 4.78 is 16.8. The summed E-state index contributed by atoms with van der Waals surface area (Å²) in [5.41, 5.74) is 2.45. The number of methoxy groups -OCH3 is 1. The fourth-order valence-corrected chi connectivity index (χ4v) is 3.30. The first-order valence-corrected chi connectivity index (χ1v) is 9.44. The quantitative estimate of drug-likeness (QED) is 0.694. The third-order valence-corrected chi connectivity index (χ3v) is 4.71. The van der Waals surface area contributed by atoms with Gasteiger partial charge in [-0.05, 0) is 36.2 Å². The molecule has 2 aromatic rings. The minimum absolute atomic E-state index is 0.0446. The Morgan fingerprint density at radius 3 is 2.78 bits per heavy atom. The maximum Gasteiger partial charge on any atom is 0.341 e. The molecule has 0 aromatic heterocycles. The van der Waals surface area contributed by atoms with Crippen molar-refractivity contribution in [2.45, 2.75) is 26.1 Å². The molecular formula is C22H27NO4. The minimum Gasteiger partial charge on any atom is -0.488 e. The Morgan fingerprint density at radius 1 is 1.22 bits per heavy atom. The summed E-state index contributed by atoms with van der Waals surface area (Å²) in [6.07, 6.45) is 1.07. The van der Waals surface area contributed by atoms with Crippen LogP contribution in [0, 0.1) is 0 Å². The summed E-state index contributed by atoms with van der Waals surface area (Å²) in [5, 5.41) is 0. The third-order valence-electron chi connectivity index (χ3n) is 4.71. The fraction of sp³-hybridized carbons (Fsp3) is 0.409. The van der Waals surface area contributed by atoms with E-state index in [2.05, 4.69) is 11.8 Å². The van der Waals surface area contributed by atoms with E-state index >= 15 is 0 Å². The average molecular weight is 369 g/mol. The van der Waals surface area contributed by atoms with Crippen LogP contribution in [0.4, 0.5) is 0 Å². The van der Waals surface area contributed by atoms with Crippen molar-refractivity contribution in [2.75, 3.05) is 33.4 Å². The standard InChI is InChI=1S/C22H27NO4/c1-3-11-23-12-13-26-21(15-23)18-9-10-20(19(14-18)22(24)25-2)27-16-17-7-5-4-6-8-17/h4-10,14,21H,3,11-13,15-16H2,1-2H3. The van der Waals surface area contributed by atoms with Gasteiger partial charge in [-0.2, -0.15) is 0 Å². The lowest BCUT2D eigenvalue weighted by Gasteiger charge is -2.33. The number of morpholine rings is 1. The second-order valence-electron chi connectivity index (χ2n) is 6.68. The van der Waals surface area contributed by atoms with E-state index in [0.29, 0.717) is 24.5 Å². The number of ether oxygens (including phenoxy) is 3. The van der Waals surface area contributed by atoms with Gasteiger partial charge in [-0.25, -0.2) is 4.79 Å². The van der Waals surface area contributed by atoms with E-state index in [1.807, 2.05) is 48.5 Å². The molecule has 0 amide bonds. The van der Waals surface area contributed by atoms with Crippen LogP contribution >= 0.6 is 0 Å². The van der Waals surface area contributed by atoms with Crippen molar-refractivity contribution in [3.05, 3.63) is 65.2 Å². The zero-order valence-corrected chi connectivity index (χ0v) is 16.0. The van der Waals surface area contributed by atoms with Crippen LogP contribution < -0.4 is 4.74 Å². The lowest BCUT2D eigenvalue weighted by molar-refractivity contribution is -0.0299. The molecule has 3 rings (SSSR count). The summed E-state index contributed by atoms with van der Waals surface area (Å²) in [7, 11) is 1.38. The molecular weight excluding hydrogens is 342 g/mol. The molecule has 144 valence electrons. The summed E-state index contributed by atoms with van der Waals surface area (Å²) in [6.45, 7) is 6.12. The molecule has 1 fully saturated rings. The zero-order chi connectivity index (χ0) is 19.1. The highest BCUT2D eigenvalue weighted by Gasteiger charge is 2.24. The maximum atomic E-state index is 12.3. The summed E-state index contributed by atoms with van der Waals surface area (Å²) in [5.74, 6) is 0.122. The minimum atomic E-state index is -0.402. The second kappa shape index (κ2) is 9.53. The zero-order valence-electron chi connectivity index (χ0n) is 16.0. The first kappa shape index (κ1) is 19.4. The normalized spacial score (nSPS) is 17.5. The van der Waals surface area contributed by atoms with Crippen molar-refractivity contribution in [2.24, 2.45) is 0 Å². The van der Waals surface area contributed by atoms with Gasteiger partial charge < -0.3 is 14.2 Å². The SMILES string of the molecule is CCCN1CCOC(c2ccc(OCc3ccccc3)c(C(=O)OC)c2)C1. The molecule has 2 aromatic carbocycles. The fourth-order valence-electron chi connectivity index (χ4n) is 3.30. The van der Waals surface area contributed by atoms with Crippen molar-refractivity contribution >= 4 is 5.97 Å². The molecule has 0 spiro atoms. The Hall–Kier alpha value is -2.37. The molecule has 5 heteroatoms. The molecule has 0 N–H and O–H groups in total. The summed E-state index contributed by atoms with van der Waals surface area (Å²) in [4.78, 5) is 14.7. The number of nitrogens with zero attached hydrogens (tertiary/aromatic N) is 1. The van der Waals surface area contributed by atoms with Crippen LogP contribution in [-0.4, -0.2) is 44.2 Å². The highest BCUT2D eigenvalue weighted by molar-refractivity contribution is 5.92. The van der Waals surface area contributed by atoms with Crippen LogP contribution in [0.15, 0.2) is 48.5 Å². The Labute approximate surface area is 160 Å². The highest BCUT2D eigenvalue weighted by Crippen LogP contribution is 2.29. The van der Waals surface area contributed by atoms with E-state index in [4.69, 9.17) is 14.2 Å². The lowest BCUT2D eigenvalue weighted by Crippen LogP contribution is -2.38. The van der Waals surface area contributed by atoms with E-state index in [1.54, 1.807) is 0 Å². The topological polar surface area (TPSA) is 48.0 Å². The molecule has 1 aliphatic rings. The van der Waals surface area contributed by atoms with Crippen molar-refractivity contribution in [1.29, 1.82) is 0 Å². The van der Waals surface area contributed by atoms with Gasteiger partial charge in [-0.15, -0.1) is 0 Å². The predicted octanol–water partition coefficient (Wildman–Crippen LogP) is 3.84. The Bertz CT molecular complexity index is 745. The Morgan fingerprint density at radius 2 is 2.04 bits per heavy atom. The van der Waals surface area contributed by atoms with Gasteiger partial charge in [-0.3, -0.25) is 4.90 Å². The van der Waals surface area contributed by atoms with Gasteiger partial charge in [0, 0.05) is 13.1 Å². The smallest absolute Gasteiger partial charge is 0.341 e. The molecule has 1 atom stereocenters. The van der Waals surface area contributed by atoms with E-state index in [1.165, 1.54) is 7.11 Å². The van der Waals surface area contributed by atoms with Gasteiger partial charge in [0.15, 0.2) is 0 Å². The summed E-state index contributed by atoms with van der Waals surface area (Å²) >= 11 is 0. The van der Waals surface area contributed by atoms with Crippen LogP contribution in [-0.2, 0) is 16.1 Å². The molecule has 0 bridgehead atoms. The predicted molar refractivity (Wildman–Crippen MR) is 104 cm³/mol. The Balaban J connectivity index is 1.78. The van der Waals surface area contributed by atoms with E-state index in [9.17, 15) is 4.79 Å².